The van der Waals surface area contributed by atoms with Crippen LogP contribution in [0.15, 0.2) is 42.5 Å². The van der Waals surface area contributed by atoms with Crippen LogP contribution >= 0.6 is 12.4 Å². The Balaban J connectivity index is 0.00000192. The van der Waals surface area contributed by atoms with Gasteiger partial charge in [0.2, 0.25) is 5.91 Å². The SMILES string of the molecule is Cc1ccc(-c2nc3ccccc3[nH]2)cc1NC(=O)C(C)C.Cl. The molecule has 1 aromatic heterocycles. The van der Waals surface area contributed by atoms with Crippen LogP contribution in [0.4, 0.5) is 5.69 Å². The molecule has 0 fully saturated rings. The number of rotatable bonds is 3. The average molecular weight is 330 g/mol. The van der Waals surface area contributed by atoms with Crippen LogP contribution in [0.3, 0.4) is 0 Å². The van der Waals surface area contributed by atoms with Gasteiger partial charge in [-0.1, -0.05) is 38.1 Å². The van der Waals surface area contributed by atoms with E-state index < -0.39 is 0 Å². The third-order valence-electron chi connectivity index (χ3n) is 3.68. The van der Waals surface area contributed by atoms with Gasteiger partial charge in [0.15, 0.2) is 0 Å². The zero-order chi connectivity index (χ0) is 15.7. The molecule has 0 saturated heterocycles. The summed E-state index contributed by atoms with van der Waals surface area (Å²) < 4.78 is 0. The van der Waals surface area contributed by atoms with E-state index in [0.29, 0.717) is 0 Å². The van der Waals surface area contributed by atoms with Gasteiger partial charge in [-0.2, -0.15) is 0 Å². The minimum Gasteiger partial charge on any atom is -0.338 e. The van der Waals surface area contributed by atoms with Crippen molar-refractivity contribution in [2.75, 3.05) is 5.32 Å². The van der Waals surface area contributed by atoms with Gasteiger partial charge in [0.05, 0.1) is 11.0 Å². The number of hydrogen-bond donors (Lipinski definition) is 2. The lowest BCUT2D eigenvalue weighted by atomic mass is 10.1. The molecule has 0 atom stereocenters. The number of aryl methyl sites for hydroxylation is 1. The smallest absolute Gasteiger partial charge is 0.226 e. The van der Waals surface area contributed by atoms with Gasteiger partial charge < -0.3 is 10.3 Å². The van der Waals surface area contributed by atoms with Gasteiger partial charge in [0.1, 0.15) is 5.82 Å². The Morgan fingerprint density at radius 2 is 1.91 bits per heavy atom. The Morgan fingerprint density at radius 3 is 2.61 bits per heavy atom. The molecule has 4 nitrogen and oxygen atoms in total. The molecule has 0 aliphatic rings. The second-order valence-electron chi connectivity index (χ2n) is 5.78. The van der Waals surface area contributed by atoms with Crippen LogP contribution in [-0.4, -0.2) is 15.9 Å². The first-order valence-electron chi connectivity index (χ1n) is 7.41. The van der Waals surface area contributed by atoms with Crippen molar-refractivity contribution in [1.29, 1.82) is 0 Å². The maximum atomic E-state index is 11.9. The van der Waals surface area contributed by atoms with E-state index in [1.54, 1.807) is 0 Å². The van der Waals surface area contributed by atoms with Crippen molar-refractivity contribution in [1.82, 2.24) is 9.97 Å². The molecule has 1 amide bonds. The van der Waals surface area contributed by atoms with Crippen LogP contribution in [0.2, 0.25) is 0 Å². The molecule has 3 aromatic rings. The van der Waals surface area contributed by atoms with Crippen molar-refractivity contribution in [3.05, 3.63) is 48.0 Å². The molecule has 0 saturated carbocycles. The lowest BCUT2D eigenvalue weighted by Crippen LogP contribution is -2.18. The van der Waals surface area contributed by atoms with E-state index >= 15 is 0 Å². The Labute approximate surface area is 141 Å². The fraction of sp³-hybridized carbons (Fsp3) is 0.222. The number of halogens is 1. The second kappa shape index (κ2) is 6.84. The summed E-state index contributed by atoms with van der Waals surface area (Å²) in [5.41, 5.74) is 4.77. The van der Waals surface area contributed by atoms with Gasteiger partial charge >= 0.3 is 0 Å². The number of fused-ring (bicyclic) bond motifs is 1. The zero-order valence-corrected chi connectivity index (χ0v) is 14.2. The van der Waals surface area contributed by atoms with Crippen molar-refractivity contribution >= 4 is 35.0 Å². The molecule has 0 spiro atoms. The molecule has 1 heterocycles. The summed E-state index contributed by atoms with van der Waals surface area (Å²) in [5, 5.41) is 2.97. The first kappa shape index (κ1) is 17.0. The number of nitrogens with one attached hydrogen (secondary N) is 2. The van der Waals surface area contributed by atoms with Crippen molar-refractivity contribution in [3.63, 3.8) is 0 Å². The largest absolute Gasteiger partial charge is 0.338 e. The van der Waals surface area contributed by atoms with Crippen molar-refractivity contribution in [3.8, 4) is 11.4 Å². The van der Waals surface area contributed by atoms with Gasteiger partial charge in [-0.05, 0) is 30.7 Å². The van der Waals surface area contributed by atoms with Gasteiger partial charge in [0.25, 0.3) is 0 Å². The minimum atomic E-state index is -0.0470. The molecule has 23 heavy (non-hydrogen) atoms. The number of H-pyrrole nitrogens is 1. The molecule has 0 unspecified atom stereocenters. The summed E-state index contributed by atoms with van der Waals surface area (Å²) in [6.07, 6.45) is 0. The van der Waals surface area contributed by atoms with E-state index in [2.05, 4.69) is 15.3 Å². The molecule has 120 valence electrons. The third-order valence-corrected chi connectivity index (χ3v) is 3.68. The minimum absolute atomic E-state index is 0. The highest BCUT2D eigenvalue weighted by Gasteiger charge is 2.11. The van der Waals surface area contributed by atoms with E-state index in [4.69, 9.17) is 0 Å². The van der Waals surface area contributed by atoms with Crippen LogP contribution in [0.5, 0.6) is 0 Å². The Hall–Kier alpha value is -2.33. The lowest BCUT2D eigenvalue weighted by Gasteiger charge is -2.11. The first-order chi connectivity index (χ1) is 10.5. The number of carbonyl (C=O) groups is 1. The highest BCUT2D eigenvalue weighted by molar-refractivity contribution is 5.93. The number of para-hydroxylation sites is 2. The Kier molecular flexibility index (Phi) is 5.06. The first-order valence-corrected chi connectivity index (χ1v) is 7.41. The summed E-state index contributed by atoms with van der Waals surface area (Å²) in [4.78, 5) is 19.8. The summed E-state index contributed by atoms with van der Waals surface area (Å²) >= 11 is 0. The van der Waals surface area contributed by atoms with Gasteiger partial charge in [0, 0.05) is 17.2 Å². The number of amides is 1. The average Bonchev–Trinajstić information content (AvgIpc) is 2.93. The number of anilines is 1. The molecule has 3 rings (SSSR count). The molecule has 2 aromatic carbocycles. The lowest BCUT2D eigenvalue weighted by molar-refractivity contribution is -0.118. The van der Waals surface area contributed by atoms with E-state index in [9.17, 15) is 4.79 Å². The van der Waals surface area contributed by atoms with Gasteiger partial charge in [-0.3, -0.25) is 4.79 Å². The zero-order valence-electron chi connectivity index (χ0n) is 13.4. The van der Waals surface area contributed by atoms with E-state index in [1.807, 2.05) is 63.2 Å². The number of aromatic nitrogens is 2. The standard InChI is InChI=1S/C18H19N3O.ClH/c1-11(2)18(22)21-16-10-13(9-8-12(16)3)17-19-14-6-4-5-7-15(14)20-17;/h4-11H,1-3H3,(H,19,20)(H,21,22);1H. The number of hydrogen-bond acceptors (Lipinski definition) is 2. The van der Waals surface area contributed by atoms with Gasteiger partial charge in [-0.15, -0.1) is 12.4 Å². The molecular formula is C18H20ClN3O. The van der Waals surface area contributed by atoms with Crippen molar-refractivity contribution < 1.29 is 4.79 Å². The summed E-state index contributed by atoms with van der Waals surface area (Å²) in [7, 11) is 0. The second-order valence-corrected chi connectivity index (χ2v) is 5.78. The van der Waals surface area contributed by atoms with E-state index in [1.165, 1.54) is 0 Å². The number of carbonyl (C=O) groups excluding carboxylic acids is 1. The van der Waals surface area contributed by atoms with Crippen molar-refractivity contribution in [2.24, 2.45) is 5.92 Å². The predicted octanol–water partition coefficient (Wildman–Crippen LogP) is 4.55. The van der Waals surface area contributed by atoms with Crippen LogP contribution in [0.1, 0.15) is 19.4 Å². The topological polar surface area (TPSA) is 57.8 Å². The normalized spacial score (nSPS) is 10.6. The predicted molar refractivity (Wildman–Crippen MR) is 97.0 cm³/mol. The fourth-order valence-electron chi connectivity index (χ4n) is 2.27. The fourth-order valence-corrected chi connectivity index (χ4v) is 2.27. The Morgan fingerprint density at radius 1 is 1.17 bits per heavy atom. The van der Waals surface area contributed by atoms with Crippen LogP contribution < -0.4 is 5.32 Å². The molecule has 2 N–H and O–H groups in total. The molecule has 0 aliphatic heterocycles. The maximum absolute atomic E-state index is 11.9. The Bertz CT molecular complexity index is 806. The molecule has 0 radical (unpaired) electrons. The number of imidazole rings is 1. The van der Waals surface area contributed by atoms with Crippen LogP contribution in [0, 0.1) is 12.8 Å². The third kappa shape index (κ3) is 3.54. The van der Waals surface area contributed by atoms with E-state index in [-0.39, 0.29) is 24.2 Å². The summed E-state index contributed by atoms with van der Waals surface area (Å²) in [6, 6.07) is 13.9. The number of nitrogens with zero attached hydrogens (tertiary/aromatic N) is 1. The monoisotopic (exact) mass is 329 g/mol. The highest BCUT2D eigenvalue weighted by Crippen LogP contribution is 2.25. The van der Waals surface area contributed by atoms with E-state index in [0.717, 1.165) is 33.7 Å². The molecule has 0 aliphatic carbocycles. The maximum Gasteiger partial charge on any atom is 0.226 e. The number of benzene rings is 2. The van der Waals surface area contributed by atoms with Crippen molar-refractivity contribution in [2.45, 2.75) is 20.8 Å². The molecule has 0 bridgehead atoms. The number of aromatic amines is 1. The molecule has 5 heteroatoms. The molecular weight excluding hydrogens is 310 g/mol. The van der Waals surface area contributed by atoms with Crippen LogP contribution in [-0.2, 0) is 4.79 Å². The quantitative estimate of drug-likeness (QED) is 0.740. The summed E-state index contributed by atoms with van der Waals surface area (Å²) in [5.74, 6) is 0.778. The van der Waals surface area contributed by atoms with Crippen LogP contribution in [0.25, 0.3) is 22.4 Å². The summed E-state index contributed by atoms with van der Waals surface area (Å²) in [6.45, 7) is 5.75. The highest BCUT2D eigenvalue weighted by atomic mass is 35.5. The van der Waals surface area contributed by atoms with Gasteiger partial charge in [-0.25, -0.2) is 4.98 Å².